The fourth-order valence-electron chi connectivity index (χ4n) is 1.32. The summed E-state index contributed by atoms with van der Waals surface area (Å²) >= 11 is 0. The first-order valence-electron chi connectivity index (χ1n) is 5.05. The molecular weight excluding hydrogens is 209 g/mol. The third-order valence-corrected chi connectivity index (χ3v) is 2.09. The number of pyridine rings is 1. The molecule has 0 bridgehead atoms. The Kier molecular flexibility index (Phi) is 3.42. The number of nitrogens with one attached hydrogen (secondary N) is 1. The molecule has 0 fully saturated rings. The largest absolute Gasteiger partial charge is 0.368 e. The number of aromatic nitrogens is 4. The molecule has 0 radical (unpaired) electrons. The van der Waals surface area contributed by atoms with Gasteiger partial charge in [-0.3, -0.25) is 4.68 Å². The van der Waals surface area contributed by atoms with Gasteiger partial charge in [0.25, 0.3) is 0 Å². The third kappa shape index (κ3) is 2.75. The lowest BCUT2D eigenvalue weighted by Crippen LogP contribution is -2.09. The number of hydrogen-bond donors (Lipinski definition) is 1. The van der Waals surface area contributed by atoms with Gasteiger partial charge in [0.05, 0.1) is 6.20 Å². The molecule has 2 heterocycles. The summed E-state index contributed by atoms with van der Waals surface area (Å²) in [7, 11) is 0. The van der Waals surface area contributed by atoms with Crippen LogP contribution in [0.4, 0.5) is 10.2 Å². The maximum atomic E-state index is 13.1. The molecule has 0 atom stereocenters. The lowest BCUT2D eigenvalue weighted by atomic mass is 10.4. The van der Waals surface area contributed by atoms with Crippen LogP contribution in [0.5, 0.6) is 0 Å². The Morgan fingerprint density at radius 3 is 3.06 bits per heavy atom. The van der Waals surface area contributed by atoms with Crippen LogP contribution in [0.25, 0.3) is 0 Å². The molecule has 0 spiro atoms. The van der Waals surface area contributed by atoms with E-state index in [1.54, 1.807) is 29.3 Å². The average Bonchev–Trinajstić information content (AvgIpc) is 2.79. The summed E-state index contributed by atoms with van der Waals surface area (Å²) in [6.07, 6.45) is 5.81. The number of rotatable bonds is 5. The second-order valence-corrected chi connectivity index (χ2v) is 3.28. The Hall–Kier alpha value is -1.98. The Morgan fingerprint density at radius 2 is 2.31 bits per heavy atom. The summed E-state index contributed by atoms with van der Waals surface area (Å²) < 4.78 is 14.9. The van der Waals surface area contributed by atoms with Crippen LogP contribution in [-0.2, 0) is 6.54 Å². The van der Waals surface area contributed by atoms with Crippen molar-refractivity contribution >= 4 is 5.82 Å². The summed E-state index contributed by atoms with van der Waals surface area (Å²) in [6.45, 7) is 1.40. The van der Waals surface area contributed by atoms with Crippen LogP contribution in [0.1, 0.15) is 6.42 Å². The predicted octanol–water partition coefficient (Wildman–Crippen LogP) is 1.31. The molecule has 16 heavy (non-hydrogen) atoms. The Bertz CT molecular complexity index is 429. The highest BCUT2D eigenvalue weighted by molar-refractivity contribution is 5.35. The van der Waals surface area contributed by atoms with Gasteiger partial charge in [-0.1, -0.05) is 5.21 Å². The zero-order valence-corrected chi connectivity index (χ0v) is 8.67. The van der Waals surface area contributed by atoms with Crippen molar-refractivity contribution in [2.75, 3.05) is 11.9 Å². The van der Waals surface area contributed by atoms with Crippen molar-refractivity contribution < 1.29 is 4.39 Å². The van der Waals surface area contributed by atoms with E-state index in [1.807, 2.05) is 0 Å². The second kappa shape index (κ2) is 5.20. The van der Waals surface area contributed by atoms with Gasteiger partial charge in [0.1, 0.15) is 0 Å². The number of anilines is 1. The molecule has 2 rings (SSSR count). The van der Waals surface area contributed by atoms with Gasteiger partial charge < -0.3 is 5.32 Å². The highest BCUT2D eigenvalue weighted by Gasteiger charge is 2.00. The van der Waals surface area contributed by atoms with E-state index < -0.39 is 0 Å². The van der Waals surface area contributed by atoms with Crippen LogP contribution < -0.4 is 5.32 Å². The van der Waals surface area contributed by atoms with E-state index in [1.165, 1.54) is 6.07 Å². The predicted molar refractivity (Wildman–Crippen MR) is 57.3 cm³/mol. The van der Waals surface area contributed by atoms with E-state index in [2.05, 4.69) is 20.6 Å². The molecule has 2 aromatic rings. The van der Waals surface area contributed by atoms with E-state index in [-0.39, 0.29) is 5.82 Å². The van der Waals surface area contributed by atoms with Crippen molar-refractivity contribution in [3.63, 3.8) is 0 Å². The van der Waals surface area contributed by atoms with Gasteiger partial charge in [-0.15, -0.1) is 5.10 Å². The number of nitrogens with zero attached hydrogens (tertiary/aromatic N) is 4. The van der Waals surface area contributed by atoms with E-state index in [4.69, 9.17) is 0 Å². The van der Waals surface area contributed by atoms with Crippen molar-refractivity contribution in [3.8, 4) is 0 Å². The molecular formula is C10H12FN5. The van der Waals surface area contributed by atoms with Gasteiger partial charge in [-0.2, -0.15) is 0 Å². The molecule has 0 saturated heterocycles. The minimum Gasteiger partial charge on any atom is -0.368 e. The molecule has 0 aromatic carbocycles. The average molecular weight is 221 g/mol. The van der Waals surface area contributed by atoms with Crippen molar-refractivity contribution in [1.82, 2.24) is 20.0 Å². The minimum absolute atomic E-state index is 0.293. The SMILES string of the molecule is Fc1cccnc1NCCCn1ccnn1. The first-order valence-corrected chi connectivity index (χ1v) is 5.05. The lowest BCUT2D eigenvalue weighted by molar-refractivity contribution is 0.567. The van der Waals surface area contributed by atoms with Gasteiger partial charge >= 0.3 is 0 Å². The van der Waals surface area contributed by atoms with Crippen molar-refractivity contribution in [2.24, 2.45) is 0 Å². The van der Waals surface area contributed by atoms with Gasteiger partial charge in [0, 0.05) is 25.5 Å². The molecule has 84 valence electrons. The molecule has 0 unspecified atom stereocenters. The normalized spacial score (nSPS) is 10.3. The highest BCUT2D eigenvalue weighted by atomic mass is 19.1. The van der Waals surface area contributed by atoms with E-state index in [0.29, 0.717) is 12.4 Å². The molecule has 1 N–H and O–H groups in total. The highest BCUT2D eigenvalue weighted by Crippen LogP contribution is 2.07. The topological polar surface area (TPSA) is 55.6 Å². The quantitative estimate of drug-likeness (QED) is 0.773. The smallest absolute Gasteiger partial charge is 0.165 e. The van der Waals surface area contributed by atoms with Crippen molar-refractivity contribution in [1.29, 1.82) is 0 Å². The van der Waals surface area contributed by atoms with Crippen LogP contribution in [0.3, 0.4) is 0 Å². The van der Waals surface area contributed by atoms with Crippen LogP contribution >= 0.6 is 0 Å². The number of halogens is 1. The second-order valence-electron chi connectivity index (χ2n) is 3.28. The monoisotopic (exact) mass is 221 g/mol. The first kappa shape index (κ1) is 10.5. The molecule has 0 amide bonds. The molecule has 0 aliphatic carbocycles. The molecule has 5 nitrogen and oxygen atoms in total. The molecule has 2 aromatic heterocycles. The molecule has 0 aliphatic heterocycles. The Labute approximate surface area is 92.3 Å². The van der Waals surface area contributed by atoms with Crippen LogP contribution in [0, 0.1) is 5.82 Å². The van der Waals surface area contributed by atoms with Crippen LogP contribution in [0.15, 0.2) is 30.7 Å². The van der Waals surface area contributed by atoms with Crippen LogP contribution in [0.2, 0.25) is 0 Å². The third-order valence-electron chi connectivity index (χ3n) is 2.09. The molecule has 0 aliphatic rings. The van der Waals surface area contributed by atoms with Crippen LogP contribution in [-0.4, -0.2) is 26.5 Å². The summed E-state index contributed by atoms with van der Waals surface area (Å²) in [4.78, 5) is 3.89. The van der Waals surface area contributed by atoms with Crippen molar-refractivity contribution in [2.45, 2.75) is 13.0 Å². The molecule has 6 heteroatoms. The van der Waals surface area contributed by atoms with E-state index in [0.717, 1.165) is 13.0 Å². The van der Waals surface area contributed by atoms with E-state index in [9.17, 15) is 4.39 Å². The Morgan fingerprint density at radius 1 is 1.38 bits per heavy atom. The van der Waals surface area contributed by atoms with Gasteiger partial charge in [-0.05, 0) is 18.6 Å². The summed E-state index contributed by atoms with van der Waals surface area (Å²) in [6, 6.07) is 2.95. The van der Waals surface area contributed by atoms with E-state index >= 15 is 0 Å². The van der Waals surface area contributed by atoms with Gasteiger partial charge in [0.15, 0.2) is 11.6 Å². The standard InChI is InChI=1S/C10H12FN5/c11-9-3-1-4-12-10(9)13-5-2-7-16-8-6-14-15-16/h1,3-4,6,8H,2,5,7H2,(H,12,13). The summed E-state index contributed by atoms with van der Waals surface area (Å²) in [5, 5.41) is 10.4. The zero-order chi connectivity index (χ0) is 11.2. The first-order chi connectivity index (χ1) is 7.86. The molecule has 0 saturated carbocycles. The lowest BCUT2D eigenvalue weighted by Gasteiger charge is -2.05. The van der Waals surface area contributed by atoms with Gasteiger partial charge in [-0.25, -0.2) is 9.37 Å². The minimum atomic E-state index is -0.330. The maximum Gasteiger partial charge on any atom is 0.165 e. The maximum absolute atomic E-state index is 13.1. The summed E-state index contributed by atoms with van der Waals surface area (Å²) in [5.74, 6) is -0.0376. The van der Waals surface area contributed by atoms with Gasteiger partial charge in [0.2, 0.25) is 0 Å². The fourth-order valence-corrected chi connectivity index (χ4v) is 1.32. The van der Waals surface area contributed by atoms with Crippen molar-refractivity contribution in [3.05, 3.63) is 36.5 Å². The fraction of sp³-hybridized carbons (Fsp3) is 0.300. The zero-order valence-electron chi connectivity index (χ0n) is 8.67. The Balaban J connectivity index is 1.74. The summed E-state index contributed by atoms with van der Waals surface area (Å²) in [5.41, 5.74) is 0. The number of aryl methyl sites for hydroxylation is 1. The number of hydrogen-bond acceptors (Lipinski definition) is 4.